The third-order valence-electron chi connectivity index (χ3n) is 4.74. The largest absolute Gasteiger partial charge is 0.245 e. The molecule has 2 heterocycles. The number of sulfonamides is 1. The van der Waals surface area contributed by atoms with E-state index < -0.39 is 25.1 Å². The zero-order valence-electron chi connectivity index (χ0n) is 14.2. The highest BCUT2D eigenvalue weighted by atomic mass is 32.2. The molecule has 1 aliphatic rings. The molecule has 0 amide bonds. The van der Waals surface area contributed by atoms with Gasteiger partial charge in [0, 0.05) is 13.1 Å². The maximum Gasteiger partial charge on any atom is 0.245 e. The van der Waals surface area contributed by atoms with Crippen molar-refractivity contribution in [3.05, 3.63) is 54.1 Å². The SMILES string of the molecule is O=S1(=O)CCN(S(=O)(=O)c2cccc3nsnc23)CC[C@@H]1c1ccccc1. The molecule has 27 heavy (non-hydrogen) atoms. The van der Waals surface area contributed by atoms with Crippen LogP contribution in [0.3, 0.4) is 0 Å². The molecule has 1 fully saturated rings. The van der Waals surface area contributed by atoms with E-state index in [1.807, 2.05) is 6.07 Å². The Kier molecular flexibility index (Phi) is 4.75. The molecule has 0 aliphatic carbocycles. The monoisotopic (exact) mass is 423 g/mol. The lowest BCUT2D eigenvalue weighted by atomic mass is 10.1. The Morgan fingerprint density at radius 2 is 1.78 bits per heavy atom. The fourth-order valence-electron chi connectivity index (χ4n) is 3.33. The summed E-state index contributed by atoms with van der Waals surface area (Å²) in [5.74, 6) is -0.211. The zero-order chi connectivity index (χ0) is 19.1. The second-order valence-corrected chi connectivity index (χ2v) is 11.1. The summed E-state index contributed by atoms with van der Waals surface area (Å²) in [6, 6.07) is 13.8. The number of hydrogen-bond acceptors (Lipinski definition) is 7. The average molecular weight is 424 g/mol. The molecule has 0 bridgehead atoms. The van der Waals surface area contributed by atoms with Gasteiger partial charge in [-0.25, -0.2) is 16.8 Å². The van der Waals surface area contributed by atoms with Gasteiger partial charge in [-0.2, -0.15) is 13.1 Å². The highest BCUT2D eigenvalue weighted by molar-refractivity contribution is 7.92. The fourth-order valence-corrected chi connectivity index (χ4v) is 7.45. The standard InChI is InChI=1S/C17H17N3O4S3/c21-26(22)12-11-20(10-9-15(26)13-5-2-1-3-6-13)27(23,24)16-8-4-7-14-17(16)19-25-18-14/h1-8,15H,9-12H2/t15-/m1/s1. The van der Waals surface area contributed by atoms with Crippen LogP contribution in [0, 0.1) is 0 Å². The third kappa shape index (κ3) is 3.38. The van der Waals surface area contributed by atoms with Crippen molar-refractivity contribution in [3.8, 4) is 0 Å². The number of fused-ring (bicyclic) bond motifs is 1. The second-order valence-electron chi connectivity index (χ2n) is 6.35. The molecule has 142 valence electrons. The van der Waals surface area contributed by atoms with Crippen LogP contribution in [0.1, 0.15) is 17.2 Å². The van der Waals surface area contributed by atoms with E-state index in [1.54, 1.807) is 36.4 Å². The molecule has 1 aliphatic heterocycles. The molecule has 4 rings (SSSR count). The number of sulfone groups is 1. The Hall–Kier alpha value is -1.88. The van der Waals surface area contributed by atoms with Crippen LogP contribution in [-0.2, 0) is 19.9 Å². The van der Waals surface area contributed by atoms with Crippen LogP contribution in [-0.4, -0.2) is 48.7 Å². The Bertz CT molecular complexity index is 1170. The summed E-state index contributed by atoms with van der Waals surface area (Å²) >= 11 is 0.952. The molecule has 0 N–H and O–H groups in total. The summed E-state index contributed by atoms with van der Waals surface area (Å²) in [6.07, 6.45) is 0.219. The fraction of sp³-hybridized carbons (Fsp3) is 0.294. The van der Waals surface area contributed by atoms with Gasteiger partial charge in [0.25, 0.3) is 0 Å². The van der Waals surface area contributed by atoms with Gasteiger partial charge in [0.05, 0.1) is 22.7 Å². The zero-order valence-corrected chi connectivity index (χ0v) is 16.7. The number of rotatable bonds is 3. The molecule has 0 radical (unpaired) electrons. The van der Waals surface area contributed by atoms with Crippen LogP contribution in [0.4, 0.5) is 0 Å². The van der Waals surface area contributed by atoms with Crippen LogP contribution in [0.25, 0.3) is 11.0 Å². The smallest absolute Gasteiger partial charge is 0.228 e. The van der Waals surface area contributed by atoms with Crippen LogP contribution in [0.15, 0.2) is 53.4 Å². The lowest BCUT2D eigenvalue weighted by Gasteiger charge is -2.19. The number of aromatic nitrogens is 2. The molecular formula is C17H17N3O4S3. The number of nitrogens with zero attached hydrogens (tertiary/aromatic N) is 3. The number of benzene rings is 2. The minimum absolute atomic E-state index is 0.0675. The predicted octanol–water partition coefficient (Wildman–Crippen LogP) is 2.24. The molecule has 0 spiro atoms. The van der Waals surface area contributed by atoms with Crippen molar-refractivity contribution in [1.82, 2.24) is 13.1 Å². The van der Waals surface area contributed by atoms with Gasteiger partial charge < -0.3 is 0 Å². The molecule has 0 saturated carbocycles. The van der Waals surface area contributed by atoms with E-state index in [0.29, 0.717) is 16.6 Å². The summed E-state index contributed by atoms with van der Waals surface area (Å²) in [4.78, 5) is 0.0734. The van der Waals surface area contributed by atoms with Gasteiger partial charge in [-0.1, -0.05) is 36.4 Å². The molecular weight excluding hydrogens is 406 g/mol. The van der Waals surface area contributed by atoms with Gasteiger partial charge >= 0.3 is 0 Å². The lowest BCUT2D eigenvalue weighted by molar-refractivity contribution is 0.428. The first-order valence-corrected chi connectivity index (χ1v) is 12.3. The molecule has 0 unspecified atom stereocenters. The maximum absolute atomic E-state index is 13.2. The number of hydrogen-bond donors (Lipinski definition) is 0. The first kappa shape index (κ1) is 18.5. The summed E-state index contributed by atoms with van der Waals surface area (Å²) in [6.45, 7) is 0.0665. The van der Waals surface area contributed by atoms with E-state index in [-0.39, 0.29) is 30.2 Å². The van der Waals surface area contributed by atoms with Crippen molar-refractivity contribution in [2.75, 3.05) is 18.8 Å². The van der Waals surface area contributed by atoms with E-state index in [4.69, 9.17) is 0 Å². The van der Waals surface area contributed by atoms with Gasteiger partial charge in [-0.05, 0) is 24.1 Å². The summed E-state index contributed by atoms with van der Waals surface area (Å²) in [5.41, 5.74) is 1.54. The minimum atomic E-state index is -3.86. The van der Waals surface area contributed by atoms with Gasteiger partial charge in [0.15, 0.2) is 9.84 Å². The Balaban J connectivity index is 1.69. The maximum atomic E-state index is 13.2. The van der Waals surface area contributed by atoms with Gasteiger partial charge in [0.2, 0.25) is 10.0 Å². The molecule has 3 aromatic rings. The first-order chi connectivity index (χ1) is 12.9. The predicted molar refractivity (Wildman–Crippen MR) is 104 cm³/mol. The molecule has 1 atom stereocenters. The van der Waals surface area contributed by atoms with E-state index in [1.165, 1.54) is 10.4 Å². The molecule has 7 nitrogen and oxygen atoms in total. The van der Waals surface area contributed by atoms with Gasteiger partial charge in [-0.3, -0.25) is 0 Å². The van der Waals surface area contributed by atoms with E-state index in [9.17, 15) is 16.8 Å². The summed E-state index contributed by atoms with van der Waals surface area (Å²) in [7, 11) is -7.32. The molecule has 10 heteroatoms. The van der Waals surface area contributed by atoms with Crippen LogP contribution >= 0.6 is 11.7 Å². The quantitative estimate of drug-likeness (QED) is 0.641. The molecule has 1 saturated heterocycles. The topological polar surface area (TPSA) is 97.3 Å². The third-order valence-corrected chi connectivity index (χ3v) is 9.34. The van der Waals surface area contributed by atoms with Crippen molar-refractivity contribution >= 4 is 42.6 Å². The summed E-state index contributed by atoms with van der Waals surface area (Å²) in [5, 5.41) is -0.698. The Labute approximate surface area is 161 Å². The Morgan fingerprint density at radius 3 is 2.56 bits per heavy atom. The van der Waals surface area contributed by atoms with Crippen molar-refractivity contribution in [2.24, 2.45) is 0 Å². The highest BCUT2D eigenvalue weighted by Crippen LogP contribution is 2.32. The summed E-state index contributed by atoms with van der Waals surface area (Å²) < 4.78 is 61.3. The van der Waals surface area contributed by atoms with E-state index in [0.717, 1.165) is 11.7 Å². The van der Waals surface area contributed by atoms with Gasteiger partial charge in [-0.15, -0.1) is 0 Å². The van der Waals surface area contributed by atoms with Crippen molar-refractivity contribution in [2.45, 2.75) is 16.6 Å². The molecule has 2 aromatic carbocycles. The van der Waals surface area contributed by atoms with Crippen LogP contribution in [0.2, 0.25) is 0 Å². The molecule has 1 aromatic heterocycles. The highest BCUT2D eigenvalue weighted by Gasteiger charge is 2.36. The normalized spacial score (nSPS) is 21.1. The Morgan fingerprint density at radius 1 is 1.00 bits per heavy atom. The second kappa shape index (κ2) is 6.93. The minimum Gasteiger partial charge on any atom is -0.228 e. The van der Waals surface area contributed by atoms with Crippen LogP contribution in [0.5, 0.6) is 0 Å². The van der Waals surface area contributed by atoms with E-state index in [2.05, 4.69) is 8.75 Å². The lowest BCUT2D eigenvalue weighted by Crippen LogP contribution is -2.33. The van der Waals surface area contributed by atoms with Crippen molar-refractivity contribution in [1.29, 1.82) is 0 Å². The van der Waals surface area contributed by atoms with Crippen molar-refractivity contribution in [3.63, 3.8) is 0 Å². The van der Waals surface area contributed by atoms with Crippen molar-refractivity contribution < 1.29 is 16.8 Å². The average Bonchev–Trinajstić information content (AvgIpc) is 3.06. The first-order valence-electron chi connectivity index (χ1n) is 8.37. The van der Waals surface area contributed by atoms with Crippen LogP contribution < -0.4 is 0 Å². The van der Waals surface area contributed by atoms with Gasteiger partial charge in [0.1, 0.15) is 15.9 Å². The van der Waals surface area contributed by atoms with E-state index >= 15 is 0 Å².